The van der Waals surface area contributed by atoms with Crippen LogP contribution in [0.2, 0.25) is 0 Å². The van der Waals surface area contributed by atoms with E-state index in [9.17, 15) is 10.2 Å². The summed E-state index contributed by atoms with van der Waals surface area (Å²) in [5.74, 6) is 0. The van der Waals surface area contributed by atoms with Crippen molar-refractivity contribution in [1.29, 1.82) is 0 Å². The van der Waals surface area contributed by atoms with Crippen LogP contribution in [0, 0.1) is 0 Å². The Morgan fingerprint density at radius 3 is 2.35 bits per heavy atom. The summed E-state index contributed by atoms with van der Waals surface area (Å²) in [4.78, 5) is 0. The summed E-state index contributed by atoms with van der Waals surface area (Å²) in [7, 11) is 0. The van der Waals surface area contributed by atoms with Crippen molar-refractivity contribution in [2.75, 3.05) is 13.2 Å². The molecule has 102 valence electrons. The molecule has 0 aromatic rings. The van der Waals surface area contributed by atoms with Crippen molar-refractivity contribution in [2.24, 2.45) is 0 Å². The first-order valence-electron chi connectivity index (χ1n) is 6.81. The molecule has 4 heteroatoms. The zero-order valence-corrected chi connectivity index (χ0v) is 10.6. The van der Waals surface area contributed by atoms with Gasteiger partial charge in [-0.2, -0.15) is 0 Å². The second-order valence-corrected chi connectivity index (χ2v) is 4.96. The van der Waals surface area contributed by atoms with Crippen molar-refractivity contribution >= 4 is 0 Å². The van der Waals surface area contributed by atoms with E-state index in [-0.39, 0.29) is 18.8 Å². The fourth-order valence-electron chi connectivity index (χ4n) is 2.25. The normalized spacial score (nSPS) is 23.8. The quantitative estimate of drug-likeness (QED) is 0.572. The second-order valence-electron chi connectivity index (χ2n) is 4.96. The minimum Gasteiger partial charge on any atom is -0.396 e. The fraction of sp³-hybridized carbons (Fsp3) is 1.00. The molecule has 0 spiro atoms. The van der Waals surface area contributed by atoms with Gasteiger partial charge in [0.25, 0.3) is 0 Å². The minimum absolute atomic E-state index is 0.124. The summed E-state index contributed by atoms with van der Waals surface area (Å²) in [5.41, 5.74) is 0. The Hall–Kier alpha value is -0.160. The highest BCUT2D eigenvalue weighted by Gasteiger charge is 2.17. The van der Waals surface area contributed by atoms with E-state index in [1.54, 1.807) is 0 Å². The fourth-order valence-corrected chi connectivity index (χ4v) is 2.25. The Balaban J connectivity index is 1.97. The van der Waals surface area contributed by atoms with Crippen LogP contribution in [0.1, 0.15) is 51.4 Å². The van der Waals surface area contributed by atoms with Gasteiger partial charge in [0, 0.05) is 13.2 Å². The molecule has 1 aliphatic heterocycles. The molecule has 0 aliphatic carbocycles. The summed E-state index contributed by atoms with van der Waals surface area (Å²) >= 11 is 0. The largest absolute Gasteiger partial charge is 0.396 e. The lowest BCUT2D eigenvalue weighted by molar-refractivity contribution is 0.0685. The average molecular weight is 246 g/mol. The van der Waals surface area contributed by atoms with Crippen molar-refractivity contribution < 1.29 is 20.1 Å². The molecule has 3 N–H and O–H groups in total. The maximum atomic E-state index is 9.77. The SMILES string of the molecule is OCCC[C@@H](O)CC[C@H](O)CC[C@@H]1CCCO1. The number of aliphatic hydroxyl groups is 3. The first-order valence-corrected chi connectivity index (χ1v) is 6.81. The molecule has 1 heterocycles. The predicted molar refractivity (Wildman–Crippen MR) is 65.8 cm³/mol. The third-order valence-corrected chi connectivity index (χ3v) is 3.37. The lowest BCUT2D eigenvalue weighted by Gasteiger charge is -2.15. The van der Waals surface area contributed by atoms with Gasteiger partial charge in [-0.3, -0.25) is 0 Å². The van der Waals surface area contributed by atoms with Crippen molar-refractivity contribution in [3.8, 4) is 0 Å². The van der Waals surface area contributed by atoms with E-state index in [1.807, 2.05) is 0 Å². The van der Waals surface area contributed by atoms with Gasteiger partial charge in [-0.1, -0.05) is 0 Å². The van der Waals surface area contributed by atoms with Crippen molar-refractivity contribution in [3.05, 3.63) is 0 Å². The molecule has 0 saturated carbocycles. The number of hydrogen-bond donors (Lipinski definition) is 3. The molecule has 0 amide bonds. The van der Waals surface area contributed by atoms with Gasteiger partial charge in [0.2, 0.25) is 0 Å². The van der Waals surface area contributed by atoms with Gasteiger partial charge in [-0.25, -0.2) is 0 Å². The van der Waals surface area contributed by atoms with E-state index in [1.165, 1.54) is 0 Å². The van der Waals surface area contributed by atoms with E-state index in [4.69, 9.17) is 9.84 Å². The smallest absolute Gasteiger partial charge is 0.0577 e. The van der Waals surface area contributed by atoms with Crippen LogP contribution >= 0.6 is 0 Å². The summed E-state index contributed by atoms with van der Waals surface area (Å²) < 4.78 is 5.49. The Morgan fingerprint density at radius 1 is 1.06 bits per heavy atom. The van der Waals surface area contributed by atoms with Crippen molar-refractivity contribution in [3.63, 3.8) is 0 Å². The average Bonchev–Trinajstić information content (AvgIpc) is 2.84. The van der Waals surface area contributed by atoms with Crippen LogP contribution in [0.25, 0.3) is 0 Å². The molecule has 0 bridgehead atoms. The van der Waals surface area contributed by atoms with Crippen LogP contribution in [0.15, 0.2) is 0 Å². The molecular weight excluding hydrogens is 220 g/mol. The third kappa shape index (κ3) is 6.99. The maximum Gasteiger partial charge on any atom is 0.0577 e. The van der Waals surface area contributed by atoms with Gasteiger partial charge in [-0.15, -0.1) is 0 Å². The van der Waals surface area contributed by atoms with Crippen LogP contribution in [0.4, 0.5) is 0 Å². The molecule has 0 unspecified atom stereocenters. The molecule has 0 aromatic carbocycles. The first kappa shape index (κ1) is 14.9. The van der Waals surface area contributed by atoms with E-state index < -0.39 is 0 Å². The lowest BCUT2D eigenvalue weighted by atomic mass is 10.0. The van der Waals surface area contributed by atoms with Gasteiger partial charge in [-0.05, 0) is 51.4 Å². The van der Waals surface area contributed by atoms with E-state index >= 15 is 0 Å². The van der Waals surface area contributed by atoms with Crippen LogP contribution < -0.4 is 0 Å². The predicted octanol–water partition coefficient (Wildman–Crippen LogP) is 1.22. The summed E-state index contributed by atoms with van der Waals surface area (Å²) in [6.07, 6.45) is 6.07. The highest BCUT2D eigenvalue weighted by molar-refractivity contribution is 4.68. The van der Waals surface area contributed by atoms with Crippen LogP contribution in [-0.2, 0) is 4.74 Å². The Labute approximate surface area is 104 Å². The third-order valence-electron chi connectivity index (χ3n) is 3.37. The second kappa shape index (κ2) is 8.86. The number of hydrogen-bond acceptors (Lipinski definition) is 4. The standard InChI is InChI=1S/C13H26O4/c14-9-1-3-11(15)5-6-12(16)7-8-13-4-2-10-17-13/h11-16H,1-10H2/t11-,12+,13+/m1/s1. The number of aliphatic hydroxyl groups excluding tert-OH is 3. The Bertz CT molecular complexity index is 180. The Kier molecular flexibility index (Phi) is 7.77. The lowest BCUT2D eigenvalue weighted by Crippen LogP contribution is -2.16. The molecule has 1 rings (SSSR count). The van der Waals surface area contributed by atoms with Crippen molar-refractivity contribution in [2.45, 2.75) is 69.7 Å². The van der Waals surface area contributed by atoms with Gasteiger partial charge in [0.15, 0.2) is 0 Å². The van der Waals surface area contributed by atoms with Gasteiger partial charge >= 0.3 is 0 Å². The summed E-state index contributed by atoms with van der Waals surface area (Å²) in [6, 6.07) is 0. The molecule has 1 aliphatic rings. The van der Waals surface area contributed by atoms with Crippen LogP contribution in [-0.4, -0.2) is 46.8 Å². The molecular formula is C13H26O4. The zero-order chi connectivity index (χ0) is 12.5. The monoisotopic (exact) mass is 246 g/mol. The Morgan fingerprint density at radius 2 is 1.76 bits per heavy atom. The van der Waals surface area contributed by atoms with Crippen LogP contribution in [0.3, 0.4) is 0 Å². The van der Waals surface area contributed by atoms with Crippen molar-refractivity contribution in [1.82, 2.24) is 0 Å². The molecule has 1 saturated heterocycles. The summed E-state index contributed by atoms with van der Waals surface area (Å²) in [5, 5.41) is 28.0. The molecule has 4 nitrogen and oxygen atoms in total. The summed E-state index contributed by atoms with van der Waals surface area (Å²) in [6.45, 7) is 0.985. The van der Waals surface area contributed by atoms with E-state index in [0.29, 0.717) is 31.8 Å². The molecule has 0 radical (unpaired) electrons. The molecule has 0 aromatic heterocycles. The topological polar surface area (TPSA) is 69.9 Å². The number of ether oxygens (including phenoxy) is 1. The van der Waals surface area contributed by atoms with Gasteiger partial charge in [0.1, 0.15) is 0 Å². The van der Waals surface area contributed by atoms with Crippen LogP contribution in [0.5, 0.6) is 0 Å². The minimum atomic E-state index is -0.389. The van der Waals surface area contributed by atoms with Gasteiger partial charge < -0.3 is 20.1 Å². The molecule has 1 fully saturated rings. The van der Waals surface area contributed by atoms with Gasteiger partial charge in [0.05, 0.1) is 18.3 Å². The first-order chi connectivity index (χ1) is 8.22. The zero-order valence-electron chi connectivity index (χ0n) is 10.6. The highest BCUT2D eigenvalue weighted by Crippen LogP contribution is 2.19. The molecule has 17 heavy (non-hydrogen) atoms. The molecule has 3 atom stereocenters. The highest BCUT2D eigenvalue weighted by atomic mass is 16.5. The number of rotatable bonds is 9. The maximum absolute atomic E-state index is 9.77. The van der Waals surface area contributed by atoms with E-state index in [2.05, 4.69) is 0 Å². The van der Waals surface area contributed by atoms with E-state index in [0.717, 1.165) is 32.3 Å².